The summed E-state index contributed by atoms with van der Waals surface area (Å²) in [5, 5.41) is 9.90. The second kappa shape index (κ2) is 8.09. The zero-order valence-corrected chi connectivity index (χ0v) is 10.6. The number of hydrogen-bond donors (Lipinski definition) is 2. The van der Waals surface area contributed by atoms with Gasteiger partial charge in [0.1, 0.15) is 6.10 Å². The van der Waals surface area contributed by atoms with Gasteiger partial charge in [0.15, 0.2) is 0 Å². The highest BCUT2D eigenvalue weighted by molar-refractivity contribution is 5.47. The summed E-state index contributed by atoms with van der Waals surface area (Å²) >= 11 is 0. The SMILES string of the molecule is CCCCCCOCC(O)c1ccccc1N. The average Bonchev–Trinajstić information content (AvgIpc) is 2.34. The number of anilines is 1. The van der Waals surface area contributed by atoms with Gasteiger partial charge in [-0.25, -0.2) is 0 Å². The first-order valence-electron chi connectivity index (χ1n) is 6.36. The third-order valence-electron chi connectivity index (χ3n) is 2.77. The molecule has 1 aromatic carbocycles. The summed E-state index contributed by atoms with van der Waals surface area (Å²) < 4.78 is 5.45. The summed E-state index contributed by atoms with van der Waals surface area (Å²) in [6, 6.07) is 7.35. The maximum absolute atomic E-state index is 9.90. The van der Waals surface area contributed by atoms with Gasteiger partial charge in [0.05, 0.1) is 6.61 Å². The van der Waals surface area contributed by atoms with Gasteiger partial charge in [0.2, 0.25) is 0 Å². The molecular formula is C14H23NO2. The lowest BCUT2D eigenvalue weighted by Gasteiger charge is -2.13. The molecule has 0 radical (unpaired) electrons. The minimum atomic E-state index is -0.623. The Balaban J connectivity index is 2.21. The van der Waals surface area contributed by atoms with E-state index in [4.69, 9.17) is 10.5 Å². The van der Waals surface area contributed by atoms with Crippen molar-refractivity contribution >= 4 is 5.69 Å². The van der Waals surface area contributed by atoms with E-state index in [1.165, 1.54) is 19.3 Å². The summed E-state index contributed by atoms with van der Waals surface area (Å²) in [5.41, 5.74) is 7.15. The van der Waals surface area contributed by atoms with E-state index < -0.39 is 6.10 Å². The Labute approximate surface area is 104 Å². The molecule has 1 atom stereocenters. The molecule has 0 aliphatic heterocycles. The molecule has 0 heterocycles. The Morgan fingerprint density at radius 2 is 2.00 bits per heavy atom. The number of para-hydroxylation sites is 1. The maximum atomic E-state index is 9.90. The van der Waals surface area contributed by atoms with Crippen LogP contribution in [0.25, 0.3) is 0 Å². The summed E-state index contributed by atoms with van der Waals surface area (Å²) in [7, 11) is 0. The topological polar surface area (TPSA) is 55.5 Å². The number of hydrogen-bond acceptors (Lipinski definition) is 3. The summed E-state index contributed by atoms with van der Waals surface area (Å²) in [4.78, 5) is 0. The minimum Gasteiger partial charge on any atom is -0.398 e. The van der Waals surface area contributed by atoms with E-state index in [1.54, 1.807) is 6.07 Å². The lowest BCUT2D eigenvalue weighted by Crippen LogP contribution is -2.10. The molecule has 0 bridgehead atoms. The van der Waals surface area contributed by atoms with Crippen molar-refractivity contribution in [3.63, 3.8) is 0 Å². The Morgan fingerprint density at radius 1 is 1.24 bits per heavy atom. The molecule has 0 fully saturated rings. The first kappa shape index (κ1) is 14.0. The monoisotopic (exact) mass is 237 g/mol. The smallest absolute Gasteiger partial charge is 0.104 e. The fourth-order valence-corrected chi connectivity index (χ4v) is 1.73. The van der Waals surface area contributed by atoms with Crippen LogP contribution in [0.3, 0.4) is 0 Å². The van der Waals surface area contributed by atoms with Crippen LogP contribution in [0.2, 0.25) is 0 Å². The Bertz CT molecular complexity index is 315. The highest BCUT2D eigenvalue weighted by Crippen LogP contribution is 2.19. The predicted octanol–water partition coefficient (Wildman–Crippen LogP) is 2.90. The molecule has 0 saturated heterocycles. The second-order valence-corrected chi connectivity index (χ2v) is 4.28. The Hall–Kier alpha value is -1.06. The average molecular weight is 237 g/mol. The van der Waals surface area contributed by atoms with Crippen LogP contribution in [0.4, 0.5) is 5.69 Å². The van der Waals surface area contributed by atoms with E-state index in [0.29, 0.717) is 18.9 Å². The molecule has 0 aromatic heterocycles. The van der Waals surface area contributed by atoms with Gasteiger partial charge >= 0.3 is 0 Å². The van der Waals surface area contributed by atoms with E-state index >= 15 is 0 Å². The second-order valence-electron chi connectivity index (χ2n) is 4.28. The van der Waals surface area contributed by atoms with Crippen LogP contribution in [0.5, 0.6) is 0 Å². The minimum absolute atomic E-state index is 0.320. The fourth-order valence-electron chi connectivity index (χ4n) is 1.73. The highest BCUT2D eigenvalue weighted by Gasteiger charge is 2.09. The Kier molecular flexibility index (Phi) is 6.67. The number of ether oxygens (including phenoxy) is 1. The summed E-state index contributed by atoms with van der Waals surface area (Å²) in [6.07, 6.45) is 4.11. The zero-order chi connectivity index (χ0) is 12.5. The van der Waals surface area contributed by atoms with Gasteiger partial charge in [0, 0.05) is 17.9 Å². The number of nitrogens with two attached hydrogens (primary N) is 1. The van der Waals surface area contributed by atoms with Crippen molar-refractivity contribution in [3.8, 4) is 0 Å². The lowest BCUT2D eigenvalue weighted by atomic mass is 10.1. The third-order valence-corrected chi connectivity index (χ3v) is 2.77. The number of nitrogen functional groups attached to an aromatic ring is 1. The van der Waals surface area contributed by atoms with Crippen molar-refractivity contribution in [2.45, 2.75) is 38.7 Å². The van der Waals surface area contributed by atoms with Crippen LogP contribution >= 0.6 is 0 Å². The fraction of sp³-hybridized carbons (Fsp3) is 0.571. The van der Waals surface area contributed by atoms with Crippen LogP contribution in [0, 0.1) is 0 Å². The van der Waals surface area contributed by atoms with Crippen LogP contribution in [0.1, 0.15) is 44.3 Å². The van der Waals surface area contributed by atoms with Crippen molar-refractivity contribution in [1.82, 2.24) is 0 Å². The van der Waals surface area contributed by atoms with E-state index in [1.807, 2.05) is 18.2 Å². The van der Waals surface area contributed by atoms with Gasteiger partial charge < -0.3 is 15.6 Å². The molecule has 1 aromatic rings. The quantitative estimate of drug-likeness (QED) is 0.540. The standard InChI is InChI=1S/C14H23NO2/c1-2-3-4-7-10-17-11-14(16)12-8-5-6-9-13(12)15/h5-6,8-9,14,16H,2-4,7,10-11,15H2,1H3. The van der Waals surface area contributed by atoms with Crippen LogP contribution in [-0.4, -0.2) is 18.3 Å². The van der Waals surface area contributed by atoms with Gasteiger partial charge in [-0.3, -0.25) is 0 Å². The molecule has 0 aliphatic carbocycles. The third kappa shape index (κ3) is 5.20. The highest BCUT2D eigenvalue weighted by atomic mass is 16.5. The van der Waals surface area contributed by atoms with Gasteiger partial charge in [0.25, 0.3) is 0 Å². The van der Waals surface area contributed by atoms with Crippen molar-refractivity contribution in [1.29, 1.82) is 0 Å². The normalized spacial score (nSPS) is 12.6. The Morgan fingerprint density at radius 3 is 2.71 bits per heavy atom. The van der Waals surface area contributed by atoms with Crippen LogP contribution in [0.15, 0.2) is 24.3 Å². The number of rotatable bonds is 8. The van der Waals surface area contributed by atoms with Crippen molar-refractivity contribution in [2.24, 2.45) is 0 Å². The van der Waals surface area contributed by atoms with E-state index in [2.05, 4.69) is 6.92 Å². The van der Waals surface area contributed by atoms with Gasteiger partial charge in [-0.2, -0.15) is 0 Å². The molecule has 1 rings (SSSR count). The molecule has 17 heavy (non-hydrogen) atoms. The first-order valence-corrected chi connectivity index (χ1v) is 6.36. The van der Waals surface area contributed by atoms with Crippen LogP contribution in [-0.2, 0) is 4.74 Å². The molecule has 3 N–H and O–H groups in total. The van der Waals surface area contributed by atoms with Crippen molar-refractivity contribution in [2.75, 3.05) is 18.9 Å². The predicted molar refractivity (Wildman–Crippen MR) is 70.8 cm³/mol. The summed E-state index contributed by atoms with van der Waals surface area (Å²) in [5.74, 6) is 0. The lowest BCUT2D eigenvalue weighted by molar-refractivity contribution is 0.0348. The molecule has 3 nitrogen and oxygen atoms in total. The molecule has 96 valence electrons. The molecule has 0 spiro atoms. The van der Waals surface area contributed by atoms with E-state index in [0.717, 1.165) is 12.0 Å². The van der Waals surface area contributed by atoms with Gasteiger partial charge in [-0.15, -0.1) is 0 Å². The number of aliphatic hydroxyl groups excluding tert-OH is 1. The van der Waals surface area contributed by atoms with E-state index in [9.17, 15) is 5.11 Å². The molecule has 0 amide bonds. The molecule has 1 unspecified atom stereocenters. The first-order chi connectivity index (χ1) is 8.25. The number of unbranched alkanes of at least 4 members (excludes halogenated alkanes) is 3. The number of benzene rings is 1. The van der Waals surface area contributed by atoms with Crippen molar-refractivity contribution in [3.05, 3.63) is 29.8 Å². The molecule has 0 aliphatic rings. The molecular weight excluding hydrogens is 214 g/mol. The zero-order valence-electron chi connectivity index (χ0n) is 10.6. The number of aliphatic hydroxyl groups is 1. The maximum Gasteiger partial charge on any atom is 0.104 e. The molecule has 0 saturated carbocycles. The summed E-state index contributed by atoms with van der Waals surface area (Å²) in [6.45, 7) is 3.22. The largest absolute Gasteiger partial charge is 0.398 e. The van der Waals surface area contributed by atoms with Crippen molar-refractivity contribution < 1.29 is 9.84 Å². The van der Waals surface area contributed by atoms with Crippen LogP contribution < -0.4 is 5.73 Å². The molecule has 3 heteroatoms. The van der Waals surface area contributed by atoms with E-state index in [-0.39, 0.29) is 0 Å². The van der Waals surface area contributed by atoms with Gasteiger partial charge in [-0.1, -0.05) is 44.4 Å². The van der Waals surface area contributed by atoms with Gasteiger partial charge in [-0.05, 0) is 12.5 Å².